The van der Waals surface area contributed by atoms with Gasteiger partial charge in [-0.3, -0.25) is 0 Å². The molecule has 0 aromatic carbocycles. The third-order valence-electron chi connectivity index (χ3n) is 2.87. The van der Waals surface area contributed by atoms with E-state index in [-0.39, 0.29) is 0 Å². The van der Waals surface area contributed by atoms with Crippen molar-refractivity contribution >= 4 is 0 Å². The number of hydrogen-bond donors (Lipinski definition) is 0. The Morgan fingerprint density at radius 1 is 0.786 bits per heavy atom. The van der Waals surface area contributed by atoms with Gasteiger partial charge >= 0.3 is 0 Å². The fourth-order valence-electron chi connectivity index (χ4n) is 1.52. The lowest BCUT2D eigenvalue weighted by molar-refractivity contribution is 0.521. The first-order chi connectivity index (χ1) is 6.70. The van der Waals surface area contributed by atoms with Crippen LogP contribution in [0, 0.1) is 11.8 Å². The molecule has 2 atom stereocenters. The Morgan fingerprint density at radius 3 is 1.43 bits per heavy atom. The molecule has 0 aliphatic rings. The van der Waals surface area contributed by atoms with Crippen LogP contribution in [-0.4, -0.2) is 0 Å². The Morgan fingerprint density at radius 2 is 1.14 bits per heavy atom. The predicted octanol–water partition coefficient (Wildman–Crippen LogP) is 4.97. The maximum atomic E-state index is 3.80. The van der Waals surface area contributed by atoms with Crippen LogP contribution >= 0.6 is 0 Å². The van der Waals surface area contributed by atoms with Crippen molar-refractivity contribution in [3.05, 3.63) is 25.3 Å². The Kier molecular flexibility index (Phi) is 8.72. The summed E-state index contributed by atoms with van der Waals surface area (Å²) in [6.07, 6.45) is 12.2. The van der Waals surface area contributed by atoms with Crippen molar-refractivity contribution < 1.29 is 0 Å². The minimum Gasteiger partial charge on any atom is -0.103 e. The van der Waals surface area contributed by atoms with E-state index in [1.54, 1.807) is 0 Å². The summed E-state index contributed by atoms with van der Waals surface area (Å²) in [4.78, 5) is 0. The van der Waals surface area contributed by atoms with E-state index >= 15 is 0 Å². The van der Waals surface area contributed by atoms with E-state index in [2.05, 4.69) is 39.2 Å². The van der Waals surface area contributed by atoms with Crippen LogP contribution in [-0.2, 0) is 0 Å². The van der Waals surface area contributed by atoms with Crippen LogP contribution < -0.4 is 0 Å². The summed E-state index contributed by atoms with van der Waals surface area (Å²) in [6.45, 7) is 12.1. The molecule has 0 aliphatic carbocycles. The van der Waals surface area contributed by atoms with Gasteiger partial charge in [-0.1, -0.05) is 51.7 Å². The lowest BCUT2D eigenvalue weighted by Gasteiger charge is -2.06. The molecule has 0 heterocycles. The van der Waals surface area contributed by atoms with Gasteiger partial charge in [0.25, 0.3) is 0 Å². The van der Waals surface area contributed by atoms with Crippen molar-refractivity contribution in [2.45, 2.75) is 52.4 Å². The topological polar surface area (TPSA) is 0 Å². The molecular weight excluding hydrogens is 168 g/mol. The van der Waals surface area contributed by atoms with E-state index in [0.29, 0.717) is 11.8 Å². The number of allylic oxidation sites excluding steroid dienone is 2. The second-order valence-corrected chi connectivity index (χ2v) is 4.42. The molecular formula is C14H26. The van der Waals surface area contributed by atoms with Crippen LogP contribution in [0.15, 0.2) is 25.3 Å². The van der Waals surface area contributed by atoms with E-state index in [9.17, 15) is 0 Å². The number of rotatable bonds is 9. The molecule has 0 N–H and O–H groups in total. The van der Waals surface area contributed by atoms with Crippen molar-refractivity contribution in [1.29, 1.82) is 0 Å². The Hall–Kier alpha value is -0.520. The molecule has 0 aromatic rings. The molecule has 0 aromatic heterocycles. The molecule has 0 bridgehead atoms. The van der Waals surface area contributed by atoms with E-state index in [0.717, 1.165) is 0 Å². The summed E-state index contributed by atoms with van der Waals surface area (Å²) in [5.41, 5.74) is 0. The standard InChI is InChI=1S/C14H26/c1-5-13(3)11-9-7-8-10-12-14(4)6-2/h5-6,13-14H,1-2,7-12H2,3-4H3. The molecule has 82 valence electrons. The van der Waals surface area contributed by atoms with Gasteiger partial charge in [0.05, 0.1) is 0 Å². The second kappa shape index (κ2) is 9.05. The van der Waals surface area contributed by atoms with Crippen LogP contribution in [0.1, 0.15) is 52.4 Å². The molecule has 0 aliphatic heterocycles. The first kappa shape index (κ1) is 13.5. The van der Waals surface area contributed by atoms with Crippen LogP contribution in [0.2, 0.25) is 0 Å². The molecule has 0 saturated heterocycles. The van der Waals surface area contributed by atoms with Gasteiger partial charge in [0.1, 0.15) is 0 Å². The summed E-state index contributed by atoms with van der Waals surface area (Å²) < 4.78 is 0. The fourth-order valence-corrected chi connectivity index (χ4v) is 1.52. The van der Waals surface area contributed by atoms with Gasteiger partial charge in [0.15, 0.2) is 0 Å². The molecule has 0 spiro atoms. The summed E-state index contributed by atoms with van der Waals surface area (Å²) in [5, 5.41) is 0. The maximum absolute atomic E-state index is 3.80. The molecule has 0 radical (unpaired) electrons. The highest BCUT2D eigenvalue weighted by molar-refractivity contribution is 4.75. The Bertz CT molecular complexity index is 128. The van der Waals surface area contributed by atoms with Gasteiger partial charge in [-0.2, -0.15) is 0 Å². The van der Waals surface area contributed by atoms with Gasteiger partial charge in [-0.05, 0) is 24.7 Å². The minimum atomic E-state index is 0.696. The van der Waals surface area contributed by atoms with Crippen LogP contribution in [0.4, 0.5) is 0 Å². The maximum Gasteiger partial charge on any atom is -0.0265 e. The van der Waals surface area contributed by atoms with E-state index < -0.39 is 0 Å². The molecule has 0 fully saturated rings. The monoisotopic (exact) mass is 194 g/mol. The molecule has 0 saturated carbocycles. The van der Waals surface area contributed by atoms with Crippen LogP contribution in [0.3, 0.4) is 0 Å². The highest BCUT2D eigenvalue weighted by Crippen LogP contribution is 2.14. The number of unbranched alkanes of at least 4 members (excludes halogenated alkanes) is 3. The van der Waals surface area contributed by atoms with Crippen molar-refractivity contribution in [2.24, 2.45) is 11.8 Å². The first-order valence-corrected chi connectivity index (χ1v) is 5.95. The van der Waals surface area contributed by atoms with Gasteiger partial charge in [-0.15, -0.1) is 13.2 Å². The van der Waals surface area contributed by atoms with Crippen molar-refractivity contribution in [1.82, 2.24) is 0 Å². The zero-order valence-electron chi connectivity index (χ0n) is 9.97. The van der Waals surface area contributed by atoms with E-state index in [4.69, 9.17) is 0 Å². The van der Waals surface area contributed by atoms with Gasteiger partial charge < -0.3 is 0 Å². The fraction of sp³-hybridized carbons (Fsp3) is 0.714. The lowest BCUT2D eigenvalue weighted by atomic mass is 10.00. The van der Waals surface area contributed by atoms with E-state index in [1.807, 2.05) is 0 Å². The normalized spacial score (nSPS) is 14.7. The van der Waals surface area contributed by atoms with E-state index in [1.165, 1.54) is 38.5 Å². The average Bonchev–Trinajstić information content (AvgIpc) is 2.22. The molecule has 0 heteroatoms. The van der Waals surface area contributed by atoms with Crippen LogP contribution in [0.5, 0.6) is 0 Å². The van der Waals surface area contributed by atoms with Gasteiger partial charge in [-0.25, -0.2) is 0 Å². The summed E-state index contributed by atoms with van der Waals surface area (Å²) in [7, 11) is 0. The highest BCUT2D eigenvalue weighted by atomic mass is 14.0. The first-order valence-electron chi connectivity index (χ1n) is 5.95. The highest BCUT2D eigenvalue weighted by Gasteiger charge is 1.98. The van der Waals surface area contributed by atoms with Crippen molar-refractivity contribution in [2.75, 3.05) is 0 Å². The largest absolute Gasteiger partial charge is 0.103 e. The minimum absolute atomic E-state index is 0.696. The molecule has 14 heavy (non-hydrogen) atoms. The molecule has 0 amide bonds. The quantitative estimate of drug-likeness (QED) is 0.359. The third kappa shape index (κ3) is 8.10. The smallest absolute Gasteiger partial charge is 0.0265 e. The van der Waals surface area contributed by atoms with Crippen molar-refractivity contribution in [3.63, 3.8) is 0 Å². The Balaban J connectivity index is 3.13. The predicted molar refractivity (Wildman–Crippen MR) is 66.4 cm³/mol. The zero-order valence-corrected chi connectivity index (χ0v) is 9.97. The van der Waals surface area contributed by atoms with Crippen molar-refractivity contribution in [3.8, 4) is 0 Å². The molecule has 0 nitrogen and oxygen atoms in total. The van der Waals surface area contributed by atoms with Gasteiger partial charge in [0, 0.05) is 0 Å². The summed E-state index contributed by atoms with van der Waals surface area (Å²) >= 11 is 0. The zero-order chi connectivity index (χ0) is 10.8. The lowest BCUT2D eigenvalue weighted by Crippen LogP contribution is -1.91. The molecule has 2 unspecified atom stereocenters. The summed E-state index contributed by atoms with van der Waals surface area (Å²) in [6, 6.07) is 0. The van der Waals surface area contributed by atoms with Gasteiger partial charge in [0.2, 0.25) is 0 Å². The SMILES string of the molecule is C=CC(C)CCCCCCC(C)C=C. The third-order valence-corrected chi connectivity index (χ3v) is 2.87. The number of hydrogen-bond acceptors (Lipinski definition) is 0. The summed E-state index contributed by atoms with van der Waals surface area (Å²) in [5.74, 6) is 1.39. The second-order valence-electron chi connectivity index (χ2n) is 4.42. The van der Waals surface area contributed by atoms with Crippen LogP contribution in [0.25, 0.3) is 0 Å². The average molecular weight is 194 g/mol. The Labute approximate surface area is 90.1 Å². The molecule has 0 rings (SSSR count).